The zero-order valence-electron chi connectivity index (χ0n) is 13.5. The molecule has 120 valence electrons. The van der Waals surface area contributed by atoms with Gasteiger partial charge in [0.05, 0.1) is 0 Å². The Morgan fingerprint density at radius 3 is 2.38 bits per heavy atom. The van der Waals surface area contributed by atoms with E-state index in [2.05, 4.69) is 28.7 Å². The van der Waals surface area contributed by atoms with Crippen molar-refractivity contribution < 1.29 is 4.79 Å². The van der Waals surface area contributed by atoms with E-state index in [-0.39, 0.29) is 5.91 Å². The molecule has 0 aromatic carbocycles. The Kier molecular flexibility index (Phi) is 6.71. The van der Waals surface area contributed by atoms with E-state index in [0.717, 1.165) is 12.5 Å². The molecular weight excluding hydrogens is 262 g/mol. The van der Waals surface area contributed by atoms with Gasteiger partial charge in [-0.2, -0.15) is 0 Å². The monoisotopic (exact) mass is 293 g/mol. The van der Waals surface area contributed by atoms with Gasteiger partial charge in [0.1, 0.15) is 0 Å². The summed E-state index contributed by atoms with van der Waals surface area (Å²) in [5, 5.41) is 3.02. The first-order valence-corrected chi connectivity index (χ1v) is 8.46. The Morgan fingerprint density at radius 1 is 1.14 bits per heavy atom. The maximum Gasteiger partial charge on any atom is 0.223 e. The molecule has 0 atom stereocenters. The third-order valence-corrected chi connectivity index (χ3v) is 4.98. The Bertz CT molecular complexity index is 329. The quantitative estimate of drug-likeness (QED) is 0.758. The predicted octanol–water partition coefficient (Wildman–Crippen LogP) is 1.73. The van der Waals surface area contributed by atoms with Crippen LogP contribution in [0.25, 0.3) is 0 Å². The van der Waals surface area contributed by atoms with Gasteiger partial charge in [-0.25, -0.2) is 0 Å². The molecule has 0 unspecified atom stereocenters. The van der Waals surface area contributed by atoms with Crippen LogP contribution in [0.4, 0.5) is 0 Å². The average molecular weight is 293 g/mol. The van der Waals surface area contributed by atoms with Crippen LogP contribution in [0.3, 0.4) is 0 Å². The maximum absolute atomic E-state index is 11.4. The minimum Gasteiger partial charge on any atom is -0.356 e. The van der Waals surface area contributed by atoms with Crippen molar-refractivity contribution in [3.63, 3.8) is 0 Å². The van der Waals surface area contributed by atoms with E-state index in [1.807, 2.05) is 0 Å². The highest BCUT2D eigenvalue weighted by molar-refractivity contribution is 5.77. The topological polar surface area (TPSA) is 35.6 Å². The van der Waals surface area contributed by atoms with Crippen LogP contribution < -0.4 is 5.32 Å². The van der Waals surface area contributed by atoms with Crippen molar-refractivity contribution in [2.45, 2.75) is 32.1 Å². The molecule has 2 aliphatic rings. The van der Waals surface area contributed by atoms with Gasteiger partial charge in [-0.05, 0) is 70.7 Å². The van der Waals surface area contributed by atoms with Gasteiger partial charge in [-0.3, -0.25) is 4.79 Å². The van der Waals surface area contributed by atoms with Gasteiger partial charge in [-0.15, -0.1) is 6.58 Å². The van der Waals surface area contributed by atoms with Gasteiger partial charge in [0.25, 0.3) is 0 Å². The highest BCUT2D eigenvalue weighted by Crippen LogP contribution is 2.21. The fourth-order valence-corrected chi connectivity index (χ4v) is 3.44. The number of hydrogen-bond acceptors (Lipinski definition) is 3. The van der Waals surface area contributed by atoms with E-state index in [4.69, 9.17) is 0 Å². The van der Waals surface area contributed by atoms with E-state index in [9.17, 15) is 4.79 Å². The molecule has 0 aromatic heterocycles. The highest BCUT2D eigenvalue weighted by Gasteiger charge is 2.23. The molecule has 0 aromatic rings. The van der Waals surface area contributed by atoms with Crippen LogP contribution in [-0.2, 0) is 4.79 Å². The second-order valence-electron chi connectivity index (χ2n) is 6.79. The molecule has 0 spiro atoms. The van der Waals surface area contributed by atoms with Crippen LogP contribution in [0.2, 0.25) is 0 Å². The van der Waals surface area contributed by atoms with Crippen LogP contribution in [-0.4, -0.2) is 62.0 Å². The van der Waals surface area contributed by atoms with Gasteiger partial charge < -0.3 is 15.1 Å². The number of carbonyl (C=O) groups excluding carboxylic acids is 1. The molecule has 21 heavy (non-hydrogen) atoms. The first kappa shape index (κ1) is 16.5. The molecule has 2 heterocycles. The van der Waals surface area contributed by atoms with Crippen molar-refractivity contribution in [1.82, 2.24) is 15.1 Å². The SMILES string of the molecule is C=CCC(=O)NCC1CCN(CC2CCN(C)CC2)CC1. The first-order valence-electron chi connectivity index (χ1n) is 8.46. The van der Waals surface area contributed by atoms with E-state index in [1.54, 1.807) is 6.08 Å². The van der Waals surface area contributed by atoms with Crippen LogP contribution >= 0.6 is 0 Å². The number of piperidine rings is 2. The molecule has 2 saturated heterocycles. The normalized spacial score (nSPS) is 23.1. The maximum atomic E-state index is 11.4. The summed E-state index contributed by atoms with van der Waals surface area (Å²) in [6.45, 7) is 10.6. The van der Waals surface area contributed by atoms with Gasteiger partial charge in [0.2, 0.25) is 5.91 Å². The Hall–Kier alpha value is -0.870. The minimum absolute atomic E-state index is 0.110. The van der Waals surface area contributed by atoms with Crippen LogP contribution in [0.15, 0.2) is 12.7 Å². The molecule has 2 fully saturated rings. The second kappa shape index (κ2) is 8.54. The predicted molar refractivity (Wildman–Crippen MR) is 87.2 cm³/mol. The van der Waals surface area contributed by atoms with Crippen LogP contribution in [0.1, 0.15) is 32.1 Å². The van der Waals surface area contributed by atoms with Crippen LogP contribution in [0.5, 0.6) is 0 Å². The van der Waals surface area contributed by atoms with Gasteiger partial charge in [0.15, 0.2) is 0 Å². The summed E-state index contributed by atoms with van der Waals surface area (Å²) in [5.41, 5.74) is 0. The fourth-order valence-electron chi connectivity index (χ4n) is 3.44. The summed E-state index contributed by atoms with van der Waals surface area (Å²) in [6, 6.07) is 0. The lowest BCUT2D eigenvalue weighted by Crippen LogP contribution is -2.42. The summed E-state index contributed by atoms with van der Waals surface area (Å²) in [4.78, 5) is 16.5. The number of likely N-dealkylation sites (tertiary alicyclic amines) is 2. The highest BCUT2D eigenvalue weighted by atomic mass is 16.1. The molecule has 2 rings (SSSR count). The third kappa shape index (κ3) is 5.79. The summed E-state index contributed by atoms with van der Waals surface area (Å²) in [6.07, 6.45) is 7.26. The smallest absolute Gasteiger partial charge is 0.223 e. The lowest BCUT2D eigenvalue weighted by Gasteiger charge is -2.36. The number of nitrogens with one attached hydrogen (secondary N) is 1. The van der Waals surface area contributed by atoms with Crippen LogP contribution in [0, 0.1) is 11.8 Å². The number of hydrogen-bond donors (Lipinski definition) is 1. The first-order chi connectivity index (χ1) is 10.2. The lowest BCUT2D eigenvalue weighted by atomic mass is 9.93. The molecule has 0 saturated carbocycles. The average Bonchev–Trinajstić information content (AvgIpc) is 2.49. The second-order valence-corrected chi connectivity index (χ2v) is 6.79. The van der Waals surface area contributed by atoms with E-state index in [1.165, 1.54) is 58.4 Å². The molecule has 1 amide bonds. The van der Waals surface area contributed by atoms with Gasteiger partial charge >= 0.3 is 0 Å². The molecule has 2 aliphatic heterocycles. The Labute approximate surface area is 129 Å². The van der Waals surface area contributed by atoms with Crippen molar-refractivity contribution in [2.75, 3.05) is 46.3 Å². The molecule has 4 nitrogen and oxygen atoms in total. The Balaban J connectivity index is 1.59. The summed E-state index contributed by atoms with van der Waals surface area (Å²) < 4.78 is 0. The van der Waals surface area contributed by atoms with Crippen molar-refractivity contribution in [2.24, 2.45) is 11.8 Å². The summed E-state index contributed by atoms with van der Waals surface area (Å²) >= 11 is 0. The fraction of sp³-hybridized carbons (Fsp3) is 0.824. The van der Waals surface area contributed by atoms with E-state index in [0.29, 0.717) is 12.3 Å². The zero-order valence-corrected chi connectivity index (χ0v) is 13.5. The molecular formula is C17H31N3O. The third-order valence-electron chi connectivity index (χ3n) is 4.98. The largest absolute Gasteiger partial charge is 0.356 e. The van der Waals surface area contributed by atoms with E-state index >= 15 is 0 Å². The van der Waals surface area contributed by atoms with Crippen molar-refractivity contribution in [3.05, 3.63) is 12.7 Å². The van der Waals surface area contributed by atoms with Gasteiger partial charge in [0, 0.05) is 19.5 Å². The zero-order chi connectivity index (χ0) is 15.1. The van der Waals surface area contributed by atoms with Crippen molar-refractivity contribution in [3.8, 4) is 0 Å². The van der Waals surface area contributed by atoms with Crippen molar-refractivity contribution >= 4 is 5.91 Å². The number of rotatable bonds is 6. The lowest BCUT2D eigenvalue weighted by molar-refractivity contribution is -0.120. The standard InChI is InChI=1S/C17H31N3O/c1-3-4-17(21)18-13-15-7-11-20(12-8-15)14-16-5-9-19(2)10-6-16/h3,15-16H,1,4-14H2,2H3,(H,18,21). The summed E-state index contributed by atoms with van der Waals surface area (Å²) in [5.74, 6) is 1.66. The Morgan fingerprint density at radius 2 is 1.76 bits per heavy atom. The summed E-state index contributed by atoms with van der Waals surface area (Å²) in [7, 11) is 2.22. The minimum atomic E-state index is 0.110. The van der Waals surface area contributed by atoms with Gasteiger partial charge in [-0.1, -0.05) is 6.08 Å². The molecule has 0 radical (unpaired) electrons. The number of amides is 1. The molecule has 0 bridgehead atoms. The molecule has 1 N–H and O–H groups in total. The number of carbonyl (C=O) groups is 1. The number of nitrogens with zero attached hydrogens (tertiary/aromatic N) is 2. The van der Waals surface area contributed by atoms with Crippen molar-refractivity contribution in [1.29, 1.82) is 0 Å². The molecule has 4 heteroatoms. The molecule has 0 aliphatic carbocycles. The van der Waals surface area contributed by atoms with E-state index < -0.39 is 0 Å².